The van der Waals surface area contributed by atoms with Gasteiger partial charge in [-0.2, -0.15) is 0 Å². The maximum atomic E-state index is 12.9. The van der Waals surface area contributed by atoms with Crippen molar-refractivity contribution in [2.24, 2.45) is 0 Å². The highest BCUT2D eigenvalue weighted by Crippen LogP contribution is 2.30. The molecule has 17 nitrogen and oxygen atoms in total. The summed E-state index contributed by atoms with van der Waals surface area (Å²) in [7, 11) is 0. The molecule has 0 aromatic rings. The minimum absolute atomic E-state index is 0.0982. The van der Waals surface area contributed by atoms with E-state index in [0.717, 1.165) is 0 Å². The number of terminal acetylenes is 1. The highest BCUT2D eigenvalue weighted by atomic mass is 16.7. The first-order valence-corrected chi connectivity index (χ1v) is 16.6. The van der Waals surface area contributed by atoms with E-state index in [0.29, 0.717) is 12.8 Å². The van der Waals surface area contributed by atoms with E-state index in [9.17, 15) is 39.6 Å². The van der Waals surface area contributed by atoms with Gasteiger partial charge in [0.05, 0.1) is 12.1 Å². The summed E-state index contributed by atoms with van der Waals surface area (Å²) in [4.78, 5) is 50.7. The number of ether oxygens (including phenoxy) is 5. The fourth-order valence-corrected chi connectivity index (χ4v) is 5.22. The van der Waals surface area contributed by atoms with Crippen molar-refractivity contribution in [3.05, 3.63) is 0 Å². The van der Waals surface area contributed by atoms with Crippen LogP contribution < -0.4 is 21.3 Å². The number of hydrogen-bond donors (Lipinski definition) is 8. The van der Waals surface area contributed by atoms with Crippen LogP contribution in [0.1, 0.15) is 88.0 Å². The molecule has 0 bridgehead atoms. The van der Waals surface area contributed by atoms with Crippen LogP contribution in [0, 0.1) is 12.3 Å². The maximum absolute atomic E-state index is 12.9. The van der Waals surface area contributed by atoms with Crippen LogP contribution >= 0.6 is 0 Å². The lowest BCUT2D eigenvalue weighted by Gasteiger charge is -2.48. The molecule has 2 aliphatic rings. The summed E-state index contributed by atoms with van der Waals surface area (Å²) in [6, 6.07) is -3.84. The Labute approximate surface area is 293 Å². The van der Waals surface area contributed by atoms with Crippen LogP contribution in [0.5, 0.6) is 0 Å². The average molecular weight is 717 g/mol. The van der Waals surface area contributed by atoms with E-state index in [4.69, 9.17) is 30.1 Å². The molecule has 4 amide bonds. The topological polar surface area (TPSA) is 243 Å². The van der Waals surface area contributed by atoms with Crippen molar-refractivity contribution in [2.75, 3.05) is 6.54 Å². The number of aliphatic hydroxyl groups excluding tert-OH is 4. The molecule has 1 saturated carbocycles. The normalized spacial score (nSPS) is 30.2. The number of carbonyl (C=O) groups excluding carboxylic acids is 4. The summed E-state index contributed by atoms with van der Waals surface area (Å²) < 4.78 is 28.1. The molecule has 1 aliphatic heterocycles. The molecule has 286 valence electrons. The van der Waals surface area contributed by atoms with Gasteiger partial charge in [-0.15, -0.1) is 12.3 Å². The van der Waals surface area contributed by atoms with Gasteiger partial charge in [-0.3, -0.25) is 4.79 Å². The molecule has 2 fully saturated rings. The van der Waals surface area contributed by atoms with Gasteiger partial charge in [0.1, 0.15) is 59.5 Å². The molecule has 0 aromatic heterocycles. The van der Waals surface area contributed by atoms with Crippen LogP contribution in [-0.2, 0) is 28.5 Å². The molecule has 17 heteroatoms. The highest BCUT2D eigenvalue weighted by molar-refractivity contribution is 5.75. The Balaban J connectivity index is 2.43. The van der Waals surface area contributed by atoms with Crippen molar-refractivity contribution in [3.8, 4) is 12.3 Å². The predicted octanol–water partition coefficient (Wildman–Crippen LogP) is 0.543. The fraction of sp³-hybridized carbons (Fsp3) is 0.818. The van der Waals surface area contributed by atoms with Crippen molar-refractivity contribution in [1.82, 2.24) is 21.3 Å². The van der Waals surface area contributed by atoms with Gasteiger partial charge < -0.3 is 65.4 Å². The number of rotatable bonds is 10. The van der Waals surface area contributed by atoms with Crippen LogP contribution in [0.2, 0.25) is 0 Å². The number of aliphatic hydroxyl groups is 4. The minimum Gasteiger partial charge on any atom is -0.444 e. The largest absolute Gasteiger partial charge is 0.444 e. The molecule has 1 aliphatic carbocycles. The summed E-state index contributed by atoms with van der Waals surface area (Å²) in [6.07, 6.45) is -8.21. The van der Waals surface area contributed by atoms with E-state index in [1.165, 1.54) is 0 Å². The van der Waals surface area contributed by atoms with Gasteiger partial charge in [0.2, 0.25) is 5.91 Å². The number of nitrogens with one attached hydrogen (secondary N) is 4. The predicted molar refractivity (Wildman–Crippen MR) is 177 cm³/mol. The van der Waals surface area contributed by atoms with Crippen molar-refractivity contribution in [1.29, 1.82) is 0 Å². The molecule has 0 spiro atoms. The first-order valence-electron chi connectivity index (χ1n) is 16.6. The van der Waals surface area contributed by atoms with Crippen LogP contribution in [-0.4, -0.2) is 129 Å². The second kappa shape index (κ2) is 17.7. The van der Waals surface area contributed by atoms with Gasteiger partial charge in [-0.1, -0.05) is 0 Å². The van der Waals surface area contributed by atoms with Crippen molar-refractivity contribution in [2.45, 2.75) is 166 Å². The Morgan fingerprint density at radius 3 is 1.74 bits per heavy atom. The Morgan fingerprint density at radius 2 is 1.24 bits per heavy atom. The minimum atomic E-state index is -1.81. The zero-order chi connectivity index (χ0) is 38.2. The van der Waals surface area contributed by atoms with E-state index in [1.54, 1.807) is 62.3 Å². The molecular weight excluding hydrogens is 660 g/mol. The first-order chi connectivity index (χ1) is 22.9. The lowest BCUT2D eigenvalue weighted by atomic mass is 9.83. The molecule has 50 heavy (non-hydrogen) atoms. The fourth-order valence-electron chi connectivity index (χ4n) is 5.22. The number of amides is 4. The average Bonchev–Trinajstić information content (AvgIpc) is 2.93. The summed E-state index contributed by atoms with van der Waals surface area (Å²) in [6.45, 7) is 14.4. The summed E-state index contributed by atoms with van der Waals surface area (Å²) in [5, 5.41) is 54.8. The number of unbranched alkanes of at least 4 members (excludes halogenated alkanes) is 1. The quantitative estimate of drug-likeness (QED) is 0.0876. The summed E-state index contributed by atoms with van der Waals surface area (Å²) >= 11 is 0. The lowest BCUT2D eigenvalue weighted by Crippen LogP contribution is -2.70. The molecule has 2 rings (SSSR count). The number of alkyl carbamates (subject to hydrolysis) is 3. The molecule has 1 heterocycles. The van der Waals surface area contributed by atoms with E-state index < -0.39 is 102 Å². The standard InChI is InChI=1S/C33H56N4O13/c1-11-12-13-14-20(38)34-16-19-23(40)24(41)21(37-30(45)50-33(8,9)10)27(46-19)47-26-18(36-29(44)49-32(5,6)7)15-17(22(39)25(26)42)35-28(43)48-31(2,3)4/h1,17-19,21-27,39-42H,12-16H2,2-10H3,(H,34,38)(H,35,43)(H,36,44)(H,37,45)/t17-,18?,19?,21?,22-,23-,24-,25?,26-,27-/m1/s1. The highest BCUT2D eigenvalue weighted by Gasteiger charge is 2.52. The van der Waals surface area contributed by atoms with Gasteiger partial charge in [0.25, 0.3) is 0 Å². The lowest BCUT2D eigenvalue weighted by molar-refractivity contribution is -0.293. The van der Waals surface area contributed by atoms with E-state index in [-0.39, 0.29) is 19.4 Å². The molecule has 0 aromatic carbocycles. The Morgan fingerprint density at radius 1 is 0.740 bits per heavy atom. The van der Waals surface area contributed by atoms with Crippen LogP contribution in [0.4, 0.5) is 14.4 Å². The van der Waals surface area contributed by atoms with E-state index in [2.05, 4.69) is 27.2 Å². The van der Waals surface area contributed by atoms with Gasteiger partial charge in [-0.25, -0.2) is 14.4 Å². The van der Waals surface area contributed by atoms with E-state index in [1.807, 2.05) is 0 Å². The van der Waals surface area contributed by atoms with Gasteiger partial charge in [-0.05, 0) is 75.2 Å². The van der Waals surface area contributed by atoms with Crippen LogP contribution in [0.3, 0.4) is 0 Å². The number of hydrogen-bond acceptors (Lipinski definition) is 13. The third kappa shape index (κ3) is 14.1. The van der Waals surface area contributed by atoms with Crippen LogP contribution in [0.15, 0.2) is 0 Å². The summed E-state index contributed by atoms with van der Waals surface area (Å²) in [5.41, 5.74) is -2.75. The second-order valence-corrected chi connectivity index (χ2v) is 15.4. The Hall–Kier alpha value is -3.40. The monoisotopic (exact) mass is 716 g/mol. The first kappa shape index (κ1) is 42.8. The Bertz CT molecular complexity index is 1210. The molecular formula is C33H56N4O13. The maximum Gasteiger partial charge on any atom is 0.408 e. The van der Waals surface area contributed by atoms with Crippen molar-refractivity contribution < 1.29 is 63.3 Å². The second-order valence-electron chi connectivity index (χ2n) is 15.4. The van der Waals surface area contributed by atoms with E-state index >= 15 is 0 Å². The van der Waals surface area contributed by atoms with Crippen molar-refractivity contribution >= 4 is 24.2 Å². The SMILES string of the molecule is C#CCCCC(=O)NCC1O[C@H](O[C@@H]2C(NC(=O)OC(C)(C)C)C[C@@H](NC(=O)OC(C)(C)C)[C@@H](O)C2O)C(NC(=O)OC(C)(C)C)[C@@H](O)[C@@H]1O. The van der Waals surface area contributed by atoms with Gasteiger partial charge in [0, 0.05) is 19.4 Å². The molecule has 4 unspecified atom stereocenters. The third-order valence-corrected chi connectivity index (χ3v) is 7.31. The number of carbonyl (C=O) groups is 4. The zero-order valence-electron chi connectivity index (χ0n) is 30.3. The zero-order valence-corrected chi connectivity index (χ0v) is 30.3. The van der Waals surface area contributed by atoms with Crippen molar-refractivity contribution in [3.63, 3.8) is 0 Å². The molecule has 8 N–H and O–H groups in total. The molecule has 0 radical (unpaired) electrons. The van der Waals surface area contributed by atoms with Gasteiger partial charge >= 0.3 is 18.3 Å². The molecule has 1 saturated heterocycles. The smallest absolute Gasteiger partial charge is 0.408 e. The third-order valence-electron chi connectivity index (χ3n) is 7.31. The van der Waals surface area contributed by atoms with Gasteiger partial charge in [0.15, 0.2) is 6.29 Å². The summed E-state index contributed by atoms with van der Waals surface area (Å²) in [5.74, 6) is 2.04. The Kier molecular flexibility index (Phi) is 15.1. The molecule has 10 atom stereocenters. The van der Waals surface area contributed by atoms with Crippen LogP contribution in [0.25, 0.3) is 0 Å².